The van der Waals surface area contributed by atoms with Crippen LogP contribution in [0.15, 0.2) is 23.2 Å². The molecule has 0 aliphatic carbocycles. The first-order valence-electron chi connectivity index (χ1n) is 7.04. The first-order chi connectivity index (χ1) is 9.93. The van der Waals surface area contributed by atoms with Gasteiger partial charge in [0, 0.05) is 18.2 Å². The predicted molar refractivity (Wildman–Crippen MR) is 93.2 cm³/mol. The van der Waals surface area contributed by atoms with Gasteiger partial charge in [-0.2, -0.15) is 0 Å². The summed E-state index contributed by atoms with van der Waals surface area (Å²) in [5, 5.41) is 5.70. The highest BCUT2D eigenvalue weighted by Crippen LogP contribution is 2.08. The second-order valence-corrected chi connectivity index (χ2v) is 4.94. The van der Waals surface area contributed by atoms with Crippen LogP contribution in [0.2, 0.25) is 0 Å². The molecule has 0 saturated heterocycles. The standard InChI is InChI=1S/C15H23FN4O.BrH/c1-4-11(3)20-15(17)19-8-7-18-14(21)12-6-5-10(2)13(16)9-12;/h5-6,9,11H,4,7-8H2,1-3H3,(H,18,21)(H3,17,19,20);1H. The van der Waals surface area contributed by atoms with Crippen molar-refractivity contribution in [2.45, 2.75) is 33.2 Å². The Labute approximate surface area is 141 Å². The molecule has 0 spiro atoms. The summed E-state index contributed by atoms with van der Waals surface area (Å²) in [4.78, 5) is 15.9. The van der Waals surface area contributed by atoms with Gasteiger partial charge in [0.1, 0.15) is 5.82 Å². The van der Waals surface area contributed by atoms with Crippen LogP contribution in [0.4, 0.5) is 4.39 Å². The van der Waals surface area contributed by atoms with E-state index in [1.54, 1.807) is 19.1 Å². The number of hydrogen-bond donors (Lipinski definition) is 3. The highest BCUT2D eigenvalue weighted by atomic mass is 79.9. The average Bonchev–Trinajstić information content (AvgIpc) is 2.46. The summed E-state index contributed by atoms with van der Waals surface area (Å²) in [5.41, 5.74) is 6.50. The van der Waals surface area contributed by atoms with Gasteiger partial charge in [-0.15, -0.1) is 17.0 Å². The maximum Gasteiger partial charge on any atom is 0.251 e. The van der Waals surface area contributed by atoms with Crippen molar-refractivity contribution in [3.8, 4) is 0 Å². The van der Waals surface area contributed by atoms with Gasteiger partial charge in [0.2, 0.25) is 0 Å². The van der Waals surface area contributed by atoms with Crippen molar-refractivity contribution in [3.05, 3.63) is 35.1 Å². The van der Waals surface area contributed by atoms with E-state index in [1.807, 2.05) is 13.8 Å². The van der Waals surface area contributed by atoms with Crippen molar-refractivity contribution in [1.29, 1.82) is 0 Å². The smallest absolute Gasteiger partial charge is 0.251 e. The molecule has 22 heavy (non-hydrogen) atoms. The Balaban J connectivity index is 0.00000441. The molecule has 5 nitrogen and oxygen atoms in total. The van der Waals surface area contributed by atoms with Gasteiger partial charge >= 0.3 is 0 Å². The number of nitrogens with zero attached hydrogens (tertiary/aromatic N) is 1. The Hall–Kier alpha value is -1.63. The number of halogens is 2. The van der Waals surface area contributed by atoms with Gasteiger partial charge in [-0.1, -0.05) is 13.0 Å². The van der Waals surface area contributed by atoms with E-state index in [4.69, 9.17) is 5.73 Å². The van der Waals surface area contributed by atoms with Crippen LogP contribution < -0.4 is 16.4 Å². The van der Waals surface area contributed by atoms with Crippen LogP contribution in [0.25, 0.3) is 0 Å². The second kappa shape index (κ2) is 10.2. The van der Waals surface area contributed by atoms with Crippen LogP contribution in [0.5, 0.6) is 0 Å². The minimum Gasteiger partial charge on any atom is -0.370 e. The molecule has 1 aromatic rings. The Morgan fingerprint density at radius 1 is 1.45 bits per heavy atom. The zero-order valence-corrected chi connectivity index (χ0v) is 14.9. The van der Waals surface area contributed by atoms with Gasteiger partial charge in [0.25, 0.3) is 5.91 Å². The molecule has 0 fully saturated rings. The molecule has 0 heterocycles. The van der Waals surface area contributed by atoms with Gasteiger partial charge in [-0.25, -0.2) is 4.39 Å². The van der Waals surface area contributed by atoms with Crippen molar-refractivity contribution < 1.29 is 9.18 Å². The molecule has 1 atom stereocenters. The summed E-state index contributed by atoms with van der Waals surface area (Å²) in [5.74, 6) is -0.347. The minimum absolute atomic E-state index is 0. The first-order valence-corrected chi connectivity index (χ1v) is 7.04. The van der Waals surface area contributed by atoms with E-state index in [0.29, 0.717) is 30.2 Å². The van der Waals surface area contributed by atoms with E-state index in [0.717, 1.165) is 6.42 Å². The van der Waals surface area contributed by atoms with E-state index >= 15 is 0 Å². The molecule has 0 bridgehead atoms. The molecule has 0 aromatic heterocycles. The van der Waals surface area contributed by atoms with Crippen LogP contribution in [0.3, 0.4) is 0 Å². The lowest BCUT2D eigenvalue weighted by atomic mass is 10.1. The van der Waals surface area contributed by atoms with E-state index in [9.17, 15) is 9.18 Å². The fourth-order valence-corrected chi connectivity index (χ4v) is 1.58. The number of aliphatic imine (C=N–C) groups is 1. The Bertz CT molecular complexity index is 522. The third kappa shape index (κ3) is 6.89. The first kappa shape index (κ1) is 20.4. The van der Waals surface area contributed by atoms with Crippen LogP contribution in [0.1, 0.15) is 36.2 Å². The van der Waals surface area contributed by atoms with E-state index < -0.39 is 0 Å². The maximum atomic E-state index is 13.4. The van der Waals surface area contributed by atoms with Gasteiger partial charge in [-0.3, -0.25) is 9.79 Å². The lowest BCUT2D eigenvalue weighted by Gasteiger charge is -2.11. The highest BCUT2D eigenvalue weighted by molar-refractivity contribution is 8.93. The fraction of sp³-hybridized carbons (Fsp3) is 0.467. The molecule has 0 saturated carbocycles. The van der Waals surface area contributed by atoms with Crippen LogP contribution in [-0.2, 0) is 0 Å². The topological polar surface area (TPSA) is 79.5 Å². The SMILES string of the molecule is Br.CCC(C)NC(N)=NCCNC(=O)c1ccc(C)c(F)c1. The number of nitrogens with one attached hydrogen (secondary N) is 2. The number of rotatable bonds is 6. The quantitative estimate of drug-likeness (QED) is 0.405. The lowest BCUT2D eigenvalue weighted by Crippen LogP contribution is -2.38. The summed E-state index contributed by atoms with van der Waals surface area (Å²) >= 11 is 0. The fourth-order valence-electron chi connectivity index (χ4n) is 1.58. The number of carbonyl (C=O) groups excluding carboxylic acids is 1. The summed E-state index contributed by atoms with van der Waals surface area (Å²) in [6.07, 6.45) is 0.950. The largest absolute Gasteiger partial charge is 0.370 e. The molecule has 7 heteroatoms. The van der Waals surface area contributed by atoms with Crippen molar-refractivity contribution in [2.24, 2.45) is 10.7 Å². The number of carbonyl (C=O) groups is 1. The molecule has 4 N–H and O–H groups in total. The lowest BCUT2D eigenvalue weighted by molar-refractivity contribution is 0.0954. The predicted octanol–water partition coefficient (Wildman–Crippen LogP) is 2.14. The van der Waals surface area contributed by atoms with Gasteiger partial charge < -0.3 is 16.4 Å². The van der Waals surface area contributed by atoms with E-state index in [-0.39, 0.29) is 34.7 Å². The molecule has 124 valence electrons. The third-order valence-electron chi connectivity index (χ3n) is 3.12. The molecular weight excluding hydrogens is 351 g/mol. The summed E-state index contributed by atoms with van der Waals surface area (Å²) < 4.78 is 13.4. The second-order valence-electron chi connectivity index (χ2n) is 4.94. The van der Waals surface area contributed by atoms with Crippen molar-refractivity contribution >= 4 is 28.8 Å². The zero-order chi connectivity index (χ0) is 15.8. The number of guanidine groups is 1. The monoisotopic (exact) mass is 374 g/mol. The number of nitrogens with two attached hydrogens (primary N) is 1. The normalized spacial score (nSPS) is 12.3. The summed E-state index contributed by atoms with van der Waals surface area (Å²) in [6.45, 7) is 6.42. The Kier molecular flexibility index (Phi) is 9.40. The van der Waals surface area contributed by atoms with Gasteiger partial charge in [0.15, 0.2) is 5.96 Å². The Morgan fingerprint density at radius 3 is 2.73 bits per heavy atom. The zero-order valence-electron chi connectivity index (χ0n) is 13.1. The summed E-state index contributed by atoms with van der Waals surface area (Å²) in [6, 6.07) is 4.66. The molecule has 0 aliphatic heterocycles. The van der Waals surface area contributed by atoms with Gasteiger partial charge in [-0.05, 0) is 38.0 Å². The van der Waals surface area contributed by atoms with Crippen molar-refractivity contribution in [1.82, 2.24) is 10.6 Å². The number of hydrogen-bond acceptors (Lipinski definition) is 2. The van der Waals surface area contributed by atoms with Crippen molar-refractivity contribution in [2.75, 3.05) is 13.1 Å². The van der Waals surface area contributed by atoms with E-state index in [1.165, 1.54) is 6.07 Å². The molecule has 0 aliphatic rings. The number of benzene rings is 1. The summed E-state index contributed by atoms with van der Waals surface area (Å²) in [7, 11) is 0. The highest BCUT2D eigenvalue weighted by Gasteiger charge is 2.07. The molecule has 0 radical (unpaired) electrons. The van der Waals surface area contributed by atoms with Gasteiger partial charge in [0.05, 0.1) is 6.54 Å². The minimum atomic E-state index is -0.386. The van der Waals surface area contributed by atoms with Crippen LogP contribution in [0, 0.1) is 12.7 Å². The molecule has 1 aromatic carbocycles. The Morgan fingerprint density at radius 2 is 2.14 bits per heavy atom. The molecule has 1 rings (SSSR count). The average molecular weight is 375 g/mol. The van der Waals surface area contributed by atoms with Crippen molar-refractivity contribution in [3.63, 3.8) is 0 Å². The molecule has 1 amide bonds. The number of aryl methyl sites for hydroxylation is 1. The third-order valence-corrected chi connectivity index (χ3v) is 3.12. The van der Waals surface area contributed by atoms with E-state index in [2.05, 4.69) is 15.6 Å². The van der Waals surface area contributed by atoms with Crippen LogP contribution >= 0.6 is 17.0 Å². The molecule has 1 unspecified atom stereocenters. The maximum absolute atomic E-state index is 13.4. The molecular formula is C15H24BrFN4O. The van der Waals surface area contributed by atoms with Crippen LogP contribution in [-0.4, -0.2) is 31.0 Å². The number of amides is 1.